The van der Waals surface area contributed by atoms with Crippen LogP contribution in [-0.2, 0) is 9.53 Å². The summed E-state index contributed by atoms with van der Waals surface area (Å²) < 4.78 is 5.34. The van der Waals surface area contributed by atoms with E-state index in [0.717, 1.165) is 25.7 Å². The fourth-order valence-electron chi connectivity index (χ4n) is 1.63. The average molecular weight is 210 g/mol. The molecule has 0 spiro atoms. The molecule has 0 aromatic heterocycles. The molecule has 0 aromatic rings. The van der Waals surface area contributed by atoms with E-state index in [9.17, 15) is 4.79 Å². The number of unbranched alkanes of at least 4 members (excludes halogenated alkanes) is 3. The molecule has 0 aliphatic carbocycles. The third-order valence-electron chi connectivity index (χ3n) is 2.71. The predicted octanol–water partition coefficient (Wildman–Crippen LogP) is 3.26. The van der Waals surface area contributed by atoms with Crippen LogP contribution < -0.4 is 0 Å². The second-order valence-electron chi connectivity index (χ2n) is 4.18. The van der Waals surface area contributed by atoms with E-state index in [2.05, 4.69) is 13.8 Å². The van der Waals surface area contributed by atoms with E-state index in [4.69, 9.17) is 4.74 Å². The number of ether oxygens (including phenoxy) is 1. The number of hydrogen-bond donors (Lipinski definition) is 0. The molecule has 1 aliphatic rings. The number of carbonyl (C=O) groups excluding carboxylic acids is 1. The maximum Gasteiger partial charge on any atom is 0.186 e. The van der Waals surface area contributed by atoms with Crippen molar-refractivity contribution >= 4 is 5.78 Å². The number of ketones is 1. The maximum absolute atomic E-state index is 11.5. The van der Waals surface area contributed by atoms with Crippen molar-refractivity contribution in [2.75, 3.05) is 0 Å². The lowest BCUT2D eigenvalue weighted by atomic mass is 10.1. The molecule has 1 aliphatic heterocycles. The van der Waals surface area contributed by atoms with Gasteiger partial charge >= 0.3 is 0 Å². The molecule has 1 saturated heterocycles. The van der Waals surface area contributed by atoms with Gasteiger partial charge in [-0.05, 0) is 18.9 Å². The van der Waals surface area contributed by atoms with Gasteiger partial charge in [-0.2, -0.15) is 0 Å². The lowest BCUT2D eigenvalue weighted by Gasteiger charge is -1.91. The van der Waals surface area contributed by atoms with Gasteiger partial charge < -0.3 is 4.74 Å². The summed E-state index contributed by atoms with van der Waals surface area (Å²) in [5.74, 6) is 0.159. The third kappa shape index (κ3) is 4.61. The normalized spacial score (nSPS) is 24.7. The highest BCUT2D eigenvalue weighted by molar-refractivity contribution is 5.95. The van der Waals surface area contributed by atoms with Crippen LogP contribution >= 0.6 is 0 Å². The first kappa shape index (κ1) is 12.4. The zero-order valence-electron chi connectivity index (χ0n) is 9.87. The van der Waals surface area contributed by atoms with E-state index in [0.29, 0.717) is 0 Å². The van der Waals surface area contributed by atoms with Crippen molar-refractivity contribution in [2.45, 2.75) is 64.6 Å². The van der Waals surface area contributed by atoms with Gasteiger partial charge in [0.15, 0.2) is 5.78 Å². The highest BCUT2D eigenvalue weighted by atomic mass is 16.6. The molecule has 15 heavy (non-hydrogen) atoms. The first-order valence-corrected chi connectivity index (χ1v) is 6.15. The Bertz CT molecular complexity index is 221. The van der Waals surface area contributed by atoms with E-state index < -0.39 is 0 Å². The van der Waals surface area contributed by atoms with Crippen LogP contribution in [0, 0.1) is 0 Å². The molecule has 1 fully saturated rings. The maximum atomic E-state index is 11.5. The molecule has 0 saturated carbocycles. The van der Waals surface area contributed by atoms with Crippen LogP contribution in [0.1, 0.15) is 52.4 Å². The fourth-order valence-corrected chi connectivity index (χ4v) is 1.63. The van der Waals surface area contributed by atoms with Crippen LogP contribution in [0.4, 0.5) is 0 Å². The lowest BCUT2D eigenvalue weighted by molar-refractivity contribution is -0.115. The van der Waals surface area contributed by atoms with Crippen LogP contribution in [0.15, 0.2) is 12.2 Å². The van der Waals surface area contributed by atoms with Crippen LogP contribution in [0.3, 0.4) is 0 Å². The van der Waals surface area contributed by atoms with E-state index in [1.54, 1.807) is 6.08 Å². The molecule has 2 heteroatoms. The van der Waals surface area contributed by atoms with Gasteiger partial charge in [0, 0.05) is 0 Å². The highest BCUT2D eigenvalue weighted by Gasteiger charge is 2.42. The molecule has 0 aromatic carbocycles. The van der Waals surface area contributed by atoms with Gasteiger partial charge in [-0.1, -0.05) is 45.6 Å². The Kier molecular flexibility index (Phi) is 5.62. The fraction of sp³-hybridized carbons (Fsp3) is 0.769. The van der Waals surface area contributed by atoms with Crippen molar-refractivity contribution in [3.8, 4) is 0 Å². The van der Waals surface area contributed by atoms with Crippen molar-refractivity contribution in [3.63, 3.8) is 0 Å². The molecule has 0 radical (unpaired) electrons. The van der Waals surface area contributed by atoms with Crippen molar-refractivity contribution in [2.24, 2.45) is 0 Å². The van der Waals surface area contributed by atoms with Crippen LogP contribution in [0.5, 0.6) is 0 Å². The minimum absolute atomic E-state index is 0.116. The molecule has 2 atom stereocenters. The second-order valence-corrected chi connectivity index (χ2v) is 4.18. The number of rotatable bonds is 8. The number of carbonyl (C=O) groups is 1. The smallest absolute Gasteiger partial charge is 0.186 e. The van der Waals surface area contributed by atoms with Crippen LogP contribution in [0.25, 0.3) is 0 Å². The van der Waals surface area contributed by atoms with Crippen molar-refractivity contribution in [1.82, 2.24) is 0 Å². The number of allylic oxidation sites excluding steroid dienone is 1. The summed E-state index contributed by atoms with van der Waals surface area (Å²) in [6, 6.07) is 0. The monoisotopic (exact) mass is 210 g/mol. The molecular weight excluding hydrogens is 188 g/mol. The minimum atomic E-state index is -0.116. The van der Waals surface area contributed by atoms with Crippen molar-refractivity contribution in [3.05, 3.63) is 12.2 Å². The first-order valence-electron chi connectivity index (χ1n) is 6.15. The molecule has 0 N–H and O–H groups in total. The Hall–Kier alpha value is -0.630. The van der Waals surface area contributed by atoms with Crippen LogP contribution in [0.2, 0.25) is 0 Å². The predicted molar refractivity (Wildman–Crippen MR) is 61.9 cm³/mol. The molecular formula is C13H22O2. The summed E-state index contributed by atoms with van der Waals surface area (Å²) in [5, 5.41) is 0. The van der Waals surface area contributed by atoms with Crippen LogP contribution in [-0.4, -0.2) is 18.0 Å². The molecule has 1 heterocycles. The van der Waals surface area contributed by atoms with Gasteiger partial charge in [-0.15, -0.1) is 0 Å². The standard InChI is InChI=1S/C13H22O2/c1-3-5-7-8-9-11(14)13-12(15-13)10-6-4-2/h8-9,12-13H,3-7,10H2,1-2H3/b9-8+. The van der Waals surface area contributed by atoms with E-state index in [1.165, 1.54) is 12.8 Å². The Labute approximate surface area is 92.7 Å². The molecule has 1 rings (SSSR count). The SMILES string of the molecule is CCCC/C=C/C(=O)C1OC1CCCC. The van der Waals surface area contributed by atoms with E-state index in [-0.39, 0.29) is 18.0 Å². The van der Waals surface area contributed by atoms with E-state index >= 15 is 0 Å². The highest BCUT2D eigenvalue weighted by Crippen LogP contribution is 2.28. The van der Waals surface area contributed by atoms with Crippen molar-refractivity contribution < 1.29 is 9.53 Å². The van der Waals surface area contributed by atoms with Gasteiger partial charge in [-0.25, -0.2) is 0 Å². The minimum Gasteiger partial charge on any atom is -0.361 e. The average Bonchev–Trinajstić information content (AvgIpc) is 3.00. The lowest BCUT2D eigenvalue weighted by Crippen LogP contribution is -2.06. The number of epoxide rings is 1. The summed E-state index contributed by atoms with van der Waals surface area (Å²) in [6.45, 7) is 4.31. The topological polar surface area (TPSA) is 29.6 Å². The first-order chi connectivity index (χ1) is 7.29. The molecule has 0 bridgehead atoms. The summed E-state index contributed by atoms with van der Waals surface area (Å²) in [5.41, 5.74) is 0. The Morgan fingerprint density at radius 1 is 1.27 bits per heavy atom. The summed E-state index contributed by atoms with van der Waals surface area (Å²) in [4.78, 5) is 11.5. The van der Waals surface area contributed by atoms with Gasteiger partial charge in [0.25, 0.3) is 0 Å². The second kappa shape index (κ2) is 6.78. The third-order valence-corrected chi connectivity index (χ3v) is 2.71. The molecule has 0 amide bonds. The summed E-state index contributed by atoms with van der Waals surface area (Å²) in [7, 11) is 0. The van der Waals surface area contributed by atoms with Gasteiger partial charge in [0.05, 0.1) is 6.10 Å². The van der Waals surface area contributed by atoms with Crippen molar-refractivity contribution in [1.29, 1.82) is 0 Å². The molecule has 2 unspecified atom stereocenters. The zero-order chi connectivity index (χ0) is 11.1. The number of hydrogen-bond acceptors (Lipinski definition) is 2. The largest absolute Gasteiger partial charge is 0.361 e. The molecule has 2 nitrogen and oxygen atoms in total. The zero-order valence-corrected chi connectivity index (χ0v) is 9.87. The van der Waals surface area contributed by atoms with Gasteiger partial charge in [-0.3, -0.25) is 4.79 Å². The quantitative estimate of drug-likeness (QED) is 0.349. The Morgan fingerprint density at radius 3 is 2.67 bits per heavy atom. The van der Waals surface area contributed by atoms with Gasteiger partial charge in [0.1, 0.15) is 6.10 Å². The summed E-state index contributed by atoms with van der Waals surface area (Å²) >= 11 is 0. The van der Waals surface area contributed by atoms with E-state index in [1.807, 2.05) is 6.08 Å². The Balaban J connectivity index is 2.12. The Morgan fingerprint density at radius 2 is 2.00 bits per heavy atom. The van der Waals surface area contributed by atoms with Gasteiger partial charge in [0.2, 0.25) is 0 Å². The molecule has 86 valence electrons. The summed E-state index contributed by atoms with van der Waals surface area (Å²) in [6.07, 6.45) is 10.5.